The van der Waals surface area contributed by atoms with Gasteiger partial charge >= 0.3 is 5.69 Å². The molecule has 186 valence electrons. The molecule has 3 heterocycles. The van der Waals surface area contributed by atoms with Gasteiger partial charge in [-0.3, -0.25) is 4.79 Å². The number of methoxy groups -OCH3 is 2. The maximum absolute atomic E-state index is 13.0. The first-order valence-electron chi connectivity index (χ1n) is 11.5. The summed E-state index contributed by atoms with van der Waals surface area (Å²) in [6.07, 6.45) is 2.95. The molecule has 0 saturated carbocycles. The number of aromatic nitrogens is 4. The quantitative estimate of drug-likeness (QED) is 0.388. The molecule has 1 fully saturated rings. The molecular weight excluding hydrogens is 464 g/mol. The van der Waals surface area contributed by atoms with E-state index in [1.54, 1.807) is 43.4 Å². The third-order valence-electron chi connectivity index (χ3n) is 6.08. The van der Waals surface area contributed by atoms with E-state index in [-0.39, 0.29) is 24.0 Å². The van der Waals surface area contributed by atoms with Gasteiger partial charge in [0.25, 0.3) is 5.88 Å². The maximum Gasteiger partial charge on any atom is 0.351 e. The van der Waals surface area contributed by atoms with Crippen molar-refractivity contribution in [1.82, 2.24) is 24.1 Å². The first kappa shape index (κ1) is 23.2. The molecule has 1 saturated heterocycles. The minimum Gasteiger partial charge on any atom is -0.497 e. The van der Waals surface area contributed by atoms with Gasteiger partial charge in [-0.2, -0.15) is 0 Å². The summed E-state index contributed by atoms with van der Waals surface area (Å²) >= 11 is 0. The zero-order valence-corrected chi connectivity index (χ0v) is 20.0. The number of anilines is 1. The smallest absolute Gasteiger partial charge is 0.351 e. The predicted octanol–water partition coefficient (Wildman–Crippen LogP) is 2.05. The highest BCUT2D eigenvalue weighted by Gasteiger charge is 2.23. The van der Waals surface area contributed by atoms with Crippen LogP contribution in [-0.2, 0) is 11.3 Å². The van der Waals surface area contributed by atoms with Gasteiger partial charge in [-0.1, -0.05) is 6.07 Å². The van der Waals surface area contributed by atoms with Gasteiger partial charge in [0.1, 0.15) is 23.8 Å². The minimum atomic E-state index is -0.437. The van der Waals surface area contributed by atoms with Crippen molar-refractivity contribution in [1.29, 1.82) is 0 Å². The molecule has 11 nitrogen and oxygen atoms in total. The Labute approximate surface area is 207 Å². The van der Waals surface area contributed by atoms with Gasteiger partial charge < -0.3 is 24.0 Å². The number of amides is 1. The fourth-order valence-electron chi connectivity index (χ4n) is 4.11. The van der Waals surface area contributed by atoms with Crippen molar-refractivity contribution in [3.8, 4) is 23.1 Å². The van der Waals surface area contributed by atoms with Crippen LogP contribution in [0.4, 0.5) is 5.69 Å². The van der Waals surface area contributed by atoms with E-state index in [1.165, 1.54) is 16.8 Å². The molecule has 0 radical (unpaired) electrons. The molecule has 1 amide bonds. The highest BCUT2D eigenvalue weighted by molar-refractivity contribution is 5.76. The van der Waals surface area contributed by atoms with Gasteiger partial charge in [0.15, 0.2) is 0 Å². The Morgan fingerprint density at radius 2 is 1.67 bits per heavy atom. The van der Waals surface area contributed by atoms with Gasteiger partial charge in [0.2, 0.25) is 11.6 Å². The van der Waals surface area contributed by atoms with Crippen LogP contribution >= 0.6 is 0 Å². The van der Waals surface area contributed by atoms with E-state index in [4.69, 9.17) is 14.2 Å². The highest BCUT2D eigenvalue weighted by Crippen LogP contribution is 2.25. The lowest BCUT2D eigenvalue weighted by atomic mass is 10.2. The molecule has 1 aliphatic rings. The van der Waals surface area contributed by atoms with E-state index in [0.717, 1.165) is 16.1 Å². The summed E-state index contributed by atoms with van der Waals surface area (Å²) in [5, 5.41) is 4.34. The van der Waals surface area contributed by atoms with Crippen LogP contribution in [0.1, 0.15) is 0 Å². The summed E-state index contributed by atoms with van der Waals surface area (Å²) in [4.78, 5) is 34.1. The molecule has 2 aromatic carbocycles. The topological polar surface area (TPSA) is 103 Å². The second kappa shape index (κ2) is 9.98. The van der Waals surface area contributed by atoms with Crippen molar-refractivity contribution in [2.75, 3.05) is 45.3 Å². The maximum atomic E-state index is 13.0. The van der Waals surface area contributed by atoms with Crippen molar-refractivity contribution < 1.29 is 19.0 Å². The van der Waals surface area contributed by atoms with Crippen LogP contribution < -0.4 is 24.8 Å². The molecule has 0 N–H and O–H groups in total. The Kier molecular flexibility index (Phi) is 6.44. The Balaban J connectivity index is 1.27. The van der Waals surface area contributed by atoms with Crippen LogP contribution in [0.3, 0.4) is 0 Å². The molecular formula is C25H26N6O5. The number of nitrogens with zero attached hydrogens (tertiary/aromatic N) is 6. The van der Waals surface area contributed by atoms with Crippen molar-refractivity contribution >= 4 is 17.2 Å². The Morgan fingerprint density at radius 1 is 0.944 bits per heavy atom. The summed E-state index contributed by atoms with van der Waals surface area (Å²) in [5.74, 6) is 1.90. The van der Waals surface area contributed by atoms with Crippen LogP contribution in [-0.4, -0.2) is 70.4 Å². The van der Waals surface area contributed by atoms with Gasteiger partial charge in [0.05, 0.1) is 14.2 Å². The number of hydrogen-bond donors (Lipinski definition) is 0. The van der Waals surface area contributed by atoms with E-state index in [0.29, 0.717) is 37.7 Å². The summed E-state index contributed by atoms with van der Waals surface area (Å²) in [6, 6.07) is 14.9. The van der Waals surface area contributed by atoms with Crippen molar-refractivity contribution in [3.63, 3.8) is 0 Å². The first-order valence-corrected chi connectivity index (χ1v) is 11.5. The number of ether oxygens (including phenoxy) is 3. The molecule has 2 aromatic heterocycles. The molecule has 0 unspecified atom stereocenters. The summed E-state index contributed by atoms with van der Waals surface area (Å²) in [6.45, 7) is 2.33. The number of piperazine rings is 1. The first-order chi connectivity index (χ1) is 17.6. The SMILES string of the molecule is COc1ccc(N2CCN(C(=O)Cn3nc4c(Oc5cccc(OC)c5)nccn4c3=O)CC2)cc1. The van der Waals surface area contributed by atoms with Gasteiger partial charge in [0, 0.05) is 50.3 Å². The normalized spacial score (nSPS) is 13.6. The average molecular weight is 491 g/mol. The number of carbonyl (C=O) groups is 1. The Morgan fingerprint density at radius 3 is 2.39 bits per heavy atom. The van der Waals surface area contributed by atoms with Gasteiger partial charge in [-0.15, -0.1) is 5.10 Å². The zero-order chi connectivity index (χ0) is 25.1. The Hall–Kier alpha value is -4.54. The van der Waals surface area contributed by atoms with Crippen LogP contribution in [0.15, 0.2) is 65.7 Å². The lowest BCUT2D eigenvalue weighted by molar-refractivity contribution is -0.132. The molecule has 36 heavy (non-hydrogen) atoms. The van der Waals surface area contributed by atoms with Crippen molar-refractivity contribution in [3.05, 3.63) is 71.4 Å². The van der Waals surface area contributed by atoms with Crippen molar-refractivity contribution in [2.24, 2.45) is 0 Å². The summed E-state index contributed by atoms with van der Waals surface area (Å²) in [7, 11) is 3.20. The van der Waals surface area contributed by atoms with E-state index in [9.17, 15) is 9.59 Å². The number of carbonyl (C=O) groups excluding carboxylic acids is 1. The third kappa shape index (κ3) is 4.67. The molecule has 1 aliphatic heterocycles. The zero-order valence-electron chi connectivity index (χ0n) is 20.0. The van der Waals surface area contributed by atoms with E-state index in [1.807, 2.05) is 24.3 Å². The number of rotatable bonds is 7. The number of hydrogen-bond acceptors (Lipinski definition) is 8. The van der Waals surface area contributed by atoms with Gasteiger partial charge in [-0.25, -0.2) is 18.9 Å². The number of fused-ring (bicyclic) bond motifs is 1. The average Bonchev–Trinajstić information content (AvgIpc) is 3.24. The monoisotopic (exact) mass is 490 g/mol. The van der Waals surface area contributed by atoms with E-state index >= 15 is 0 Å². The molecule has 4 aromatic rings. The van der Waals surface area contributed by atoms with Crippen LogP contribution in [0, 0.1) is 0 Å². The summed E-state index contributed by atoms with van der Waals surface area (Å²) < 4.78 is 18.8. The molecule has 0 bridgehead atoms. The second-order valence-corrected chi connectivity index (χ2v) is 8.21. The second-order valence-electron chi connectivity index (χ2n) is 8.21. The molecule has 11 heteroatoms. The van der Waals surface area contributed by atoms with Crippen molar-refractivity contribution in [2.45, 2.75) is 6.54 Å². The van der Waals surface area contributed by atoms with Crippen LogP contribution in [0.25, 0.3) is 5.65 Å². The standard InChI is InChI=1S/C25H26N6O5/c1-34-19-8-6-18(7-9-19)28-12-14-29(15-13-28)22(32)17-31-25(33)30-11-10-26-24(23(30)27-31)36-21-5-3-4-20(16-21)35-2/h3-11,16H,12-15,17H2,1-2H3. The minimum absolute atomic E-state index is 0.155. The lowest BCUT2D eigenvalue weighted by Crippen LogP contribution is -2.50. The predicted molar refractivity (Wildman–Crippen MR) is 132 cm³/mol. The number of benzene rings is 2. The summed E-state index contributed by atoms with van der Waals surface area (Å²) in [5.41, 5.74) is 0.867. The van der Waals surface area contributed by atoms with Crippen LogP contribution in [0.2, 0.25) is 0 Å². The Bertz CT molecular complexity index is 1420. The molecule has 5 rings (SSSR count). The van der Waals surface area contributed by atoms with E-state index in [2.05, 4.69) is 15.0 Å². The van der Waals surface area contributed by atoms with Gasteiger partial charge in [-0.05, 0) is 36.4 Å². The molecule has 0 spiro atoms. The molecule has 0 aliphatic carbocycles. The third-order valence-corrected chi connectivity index (χ3v) is 6.08. The molecule has 0 atom stereocenters. The van der Waals surface area contributed by atoms with Crippen LogP contribution in [0.5, 0.6) is 23.1 Å². The fraction of sp³-hybridized carbons (Fsp3) is 0.280. The van der Waals surface area contributed by atoms with E-state index < -0.39 is 5.69 Å². The highest BCUT2D eigenvalue weighted by atomic mass is 16.5. The fourth-order valence-corrected chi connectivity index (χ4v) is 4.11. The largest absolute Gasteiger partial charge is 0.497 e. The lowest BCUT2D eigenvalue weighted by Gasteiger charge is -2.36.